The van der Waals surface area contributed by atoms with Crippen molar-refractivity contribution in [2.24, 2.45) is 0 Å². The molecule has 2 N–H and O–H groups in total. The van der Waals surface area contributed by atoms with Crippen LogP contribution in [0.4, 0.5) is 0 Å². The summed E-state index contributed by atoms with van der Waals surface area (Å²) in [5, 5.41) is 24.2. The predicted octanol–water partition coefficient (Wildman–Crippen LogP) is 7.39. The lowest BCUT2D eigenvalue weighted by atomic mass is 9.84. The van der Waals surface area contributed by atoms with E-state index in [9.17, 15) is 15.0 Å². The van der Waals surface area contributed by atoms with Crippen LogP contribution in [0.1, 0.15) is 15.2 Å². The number of rotatable bonds is 5. The van der Waals surface area contributed by atoms with Crippen LogP contribution in [-0.2, 0) is 0 Å². The van der Waals surface area contributed by atoms with Crippen molar-refractivity contribution in [3.63, 3.8) is 0 Å². The van der Waals surface area contributed by atoms with Crippen LogP contribution < -0.4 is 0 Å². The molecule has 5 rings (SSSR count). The molecular weight excluding hydrogens is 428 g/mol. The van der Waals surface area contributed by atoms with Gasteiger partial charge in [-0.3, -0.25) is 4.79 Å². The first-order valence-electron chi connectivity index (χ1n) is 10.5. The van der Waals surface area contributed by atoms with Crippen LogP contribution in [0.3, 0.4) is 0 Å². The van der Waals surface area contributed by atoms with Crippen molar-refractivity contribution in [2.45, 2.75) is 0 Å². The quantitative estimate of drug-likeness (QED) is 0.276. The monoisotopic (exact) mass is 448 g/mol. The van der Waals surface area contributed by atoms with E-state index in [0.29, 0.717) is 32.7 Å². The Kier molecular flexibility index (Phi) is 5.51. The first-order chi connectivity index (χ1) is 16.1. The van der Waals surface area contributed by atoms with Gasteiger partial charge in [0.25, 0.3) is 0 Å². The molecule has 0 aliphatic carbocycles. The maximum atomic E-state index is 13.7. The van der Waals surface area contributed by atoms with Crippen LogP contribution in [0.2, 0.25) is 0 Å². The summed E-state index contributed by atoms with van der Waals surface area (Å²) in [5.41, 5.74) is 4.06. The van der Waals surface area contributed by atoms with E-state index >= 15 is 0 Å². The Balaban J connectivity index is 1.93. The second-order valence-electron chi connectivity index (χ2n) is 7.63. The molecular formula is C29H20O3S. The minimum atomic E-state index is -0.155. The Hall–Kier alpha value is -4.15. The second-order valence-corrected chi connectivity index (χ2v) is 8.57. The number of phenolic OH excluding ortho intramolecular Hbond substituents is 2. The number of benzene rings is 4. The van der Waals surface area contributed by atoms with Gasteiger partial charge < -0.3 is 10.2 Å². The molecule has 0 aliphatic heterocycles. The number of aromatic hydroxyl groups is 2. The molecule has 33 heavy (non-hydrogen) atoms. The largest absolute Gasteiger partial charge is 0.507 e. The van der Waals surface area contributed by atoms with E-state index in [1.807, 2.05) is 78.2 Å². The third-order valence-corrected chi connectivity index (χ3v) is 6.48. The highest BCUT2D eigenvalue weighted by Gasteiger charge is 2.26. The molecule has 1 heterocycles. The molecule has 160 valence electrons. The maximum absolute atomic E-state index is 13.7. The summed E-state index contributed by atoms with van der Waals surface area (Å²) in [6.07, 6.45) is 0. The van der Waals surface area contributed by atoms with Gasteiger partial charge in [-0.25, -0.2) is 0 Å². The van der Waals surface area contributed by atoms with E-state index in [2.05, 4.69) is 0 Å². The molecule has 4 heteroatoms. The number of hydrogen-bond donors (Lipinski definition) is 2. The van der Waals surface area contributed by atoms with Gasteiger partial charge in [0.05, 0.1) is 4.88 Å². The zero-order valence-corrected chi connectivity index (χ0v) is 18.4. The SMILES string of the molecule is O=C(c1cccs1)c1cc(-c2ccccc2)c(O)c(-c2ccccc2)c1-c1ccccc1O. The van der Waals surface area contributed by atoms with Crippen molar-refractivity contribution in [3.05, 3.63) is 119 Å². The minimum Gasteiger partial charge on any atom is -0.507 e. The van der Waals surface area contributed by atoms with Gasteiger partial charge >= 0.3 is 0 Å². The number of para-hydroxylation sites is 1. The molecule has 4 aromatic carbocycles. The molecule has 0 atom stereocenters. The average molecular weight is 449 g/mol. The molecule has 0 bridgehead atoms. The molecule has 0 unspecified atom stereocenters. The predicted molar refractivity (Wildman–Crippen MR) is 134 cm³/mol. The lowest BCUT2D eigenvalue weighted by molar-refractivity contribution is 0.104. The summed E-state index contributed by atoms with van der Waals surface area (Å²) in [4.78, 5) is 14.3. The number of thiophene rings is 1. The molecule has 0 amide bonds. The fourth-order valence-electron chi connectivity index (χ4n) is 4.08. The van der Waals surface area contributed by atoms with Crippen molar-refractivity contribution >= 4 is 17.1 Å². The second kappa shape index (κ2) is 8.77. The average Bonchev–Trinajstić information content (AvgIpc) is 3.40. The van der Waals surface area contributed by atoms with E-state index in [-0.39, 0.29) is 17.3 Å². The fourth-order valence-corrected chi connectivity index (χ4v) is 4.76. The summed E-state index contributed by atoms with van der Waals surface area (Å²) in [5.74, 6) is -0.0484. The summed E-state index contributed by atoms with van der Waals surface area (Å²) in [6, 6.07) is 31.3. The number of hydrogen-bond acceptors (Lipinski definition) is 4. The van der Waals surface area contributed by atoms with Gasteiger partial charge in [-0.05, 0) is 34.7 Å². The zero-order valence-electron chi connectivity index (χ0n) is 17.6. The first kappa shape index (κ1) is 20.7. The Morgan fingerprint density at radius 3 is 1.91 bits per heavy atom. The van der Waals surface area contributed by atoms with Gasteiger partial charge in [-0.1, -0.05) is 84.9 Å². The van der Waals surface area contributed by atoms with Crippen LogP contribution in [0.5, 0.6) is 11.5 Å². The van der Waals surface area contributed by atoms with Crippen molar-refractivity contribution in [1.29, 1.82) is 0 Å². The Morgan fingerprint density at radius 1 is 0.636 bits per heavy atom. The summed E-state index contributed by atoms with van der Waals surface area (Å²) in [6.45, 7) is 0. The van der Waals surface area contributed by atoms with Gasteiger partial charge in [-0.2, -0.15) is 0 Å². The normalized spacial score (nSPS) is 10.8. The molecule has 3 nitrogen and oxygen atoms in total. The molecule has 0 radical (unpaired) electrons. The lowest BCUT2D eigenvalue weighted by Crippen LogP contribution is -2.05. The lowest BCUT2D eigenvalue weighted by Gasteiger charge is -2.20. The maximum Gasteiger partial charge on any atom is 0.203 e. The minimum absolute atomic E-state index is 0.0433. The third-order valence-electron chi connectivity index (χ3n) is 5.61. The standard InChI is InChI=1S/C29H20O3S/c30-24-15-8-7-14-21(24)27-23(28(31)25-16-9-17-33-25)18-22(19-10-3-1-4-11-19)29(32)26(27)20-12-5-2-6-13-20/h1-18,30,32H. The van der Waals surface area contributed by atoms with Crippen LogP contribution in [0, 0.1) is 0 Å². The highest BCUT2D eigenvalue weighted by molar-refractivity contribution is 7.12. The van der Waals surface area contributed by atoms with Gasteiger partial charge in [0.1, 0.15) is 11.5 Å². The van der Waals surface area contributed by atoms with Gasteiger partial charge in [0.2, 0.25) is 5.78 Å². The van der Waals surface area contributed by atoms with E-state index in [4.69, 9.17) is 0 Å². The van der Waals surface area contributed by atoms with E-state index in [1.165, 1.54) is 11.3 Å². The molecule has 0 aliphatic rings. The van der Waals surface area contributed by atoms with Crippen LogP contribution in [-0.4, -0.2) is 16.0 Å². The van der Waals surface area contributed by atoms with Crippen molar-refractivity contribution in [2.75, 3.05) is 0 Å². The van der Waals surface area contributed by atoms with E-state index in [0.717, 1.165) is 11.1 Å². The Labute approximate surface area is 195 Å². The number of carbonyl (C=O) groups excluding carboxylic acids is 1. The topological polar surface area (TPSA) is 57.5 Å². The molecule has 5 aromatic rings. The van der Waals surface area contributed by atoms with Crippen LogP contribution >= 0.6 is 11.3 Å². The van der Waals surface area contributed by atoms with Crippen LogP contribution in [0.15, 0.2) is 109 Å². The van der Waals surface area contributed by atoms with E-state index < -0.39 is 0 Å². The summed E-state index contributed by atoms with van der Waals surface area (Å²) >= 11 is 1.37. The Bertz CT molecular complexity index is 1420. The first-order valence-corrected chi connectivity index (χ1v) is 11.4. The highest BCUT2D eigenvalue weighted by atomic mass is 32.1. The molecule has 0 saturated carbocycles. The molecule has 0 spiro atoms. The third kappa shape index (κ3) is 3.81. The smallest absolute Gasteiger partial charge is 0.203 e. The molecule has 0 saturated heterocycles. The number of phenols is 2. The summed E-state index contributed by atoms with van der Waals surface area (Å²) in [7, 11) is 0. The van der Waals surface area contributed by atoms with Crippen molar-refractivity contribution in [3.8, 4) is 44.9 Å². The van der Waals surface area contributed by atoms with Crippen molar-refractivity contribution < 1.29 is 15.0 Å². The number of ketones is 1. The fraction of sp³-hybridized carbons (Fsp3) is 0. The molecule has 0 fully saturated rings. The van der Waals surface area contributed by atoms with E-state index in [1.54, 1.807) is 30.3 Å². The van der Waals surface area contributed by atoms with Gasteiger partial charge in [0, 0.05) is 27.8 Å². The van der Waals surface area contributed by atoms with Crippen LogP contribution in [0.25, 0.3) is 33.4 Å². The zero-order chi connectivity index (χ0) is 22.8. The van der Waals surface area contributed by atoms with Gasteiger partial charge in [0.15, 0.2) is 0 Å². The highest BCUT2D eigenvalue weighted by Crippen LogP contribution is 2.48. The van der Waals surface area contributed by atoms with Crippen molar-refractivity contribution in [1.82, 2.24) is 0 Å². The number of carbonyl (C=O) groups is 1. The summed E-state index contributed by atoms with van der Waals surface area (Å²) < 4.78 is 0. The molecule has 1 aromatic heterocycles. The Morgan fingerprint density at radius 2 is 1.27 bits per heavy atom. The van der Waals surface area contributed by atoms with Gasteiger partial charge in [-0.15, -0.1) is 11.3 Å².